The summed E-state index contributed by atoms with van der Waals surface area (Å²) in [6, 6.07) is 17.5. The van der Waals surface area contributed by atoms with Gasteiger partial charge < -0.3 is 14.4 Å². The largest absolute Gasteiger partial charge is 0.495 e. The van der Waals surface area contributed by atoms with Crippen molar-refractivity contribution < 1.29 is 9.47 Å². The molecule has 1 fully saturated rings. The van der Waals surface area contributed by atoms with Gasteiger partial charge in [0.05, 0.1) is 24.4 Å². The van der Waals surface area contributed by atoms with E-state index in [1.165, 1.54) is 5.69 Å². The zero-order chi connectivity index (χ0) is 17.5. The molecule has 130 valence electrons. The Labute approximate surface area is 149 Å². The fourth-order valence-corrected chi connectivity index (χ4v) is 3.02. The maximum atomic E-state index is 8.80. The summed E-state index contributed by atoms with van der Waals surface area (Å²) in [5, 5.41) is 8.80. The molecule has 0 unspecified atom stereocenters. The molecule has 0 amide bonds. The third kappa shape index (κ3) is 4.43. The zero-order valence-electron chi connectivity index (χ0n) is 14.5. The molecule has 0 aliphatic carbocycles. The Kier molecular flexibility index (Phi) is 5.76. The van der Waals surface area contributed by atoms with Crippen molar-refractivity contribution in [3.63, 3.8) is 0 Å². The number of methoxy groups -OCH3 is 1. The van der Waals surface area contributed by atoms with E-state index in [9.17, 15) is 0 Å². The van der Waals surface area contributed by atoms with Crippen LogP contribution in [0.3, 0.4) is 0 Å². The molecule has 25 heavy (non-hydrogen) atoms. The number of piperazine rings is 1. The molecule has 3 rings (SSSR count). The van der Waals surface area contributed by atoms with Gasteiger partial charge in [-0.15, -0.1) is 0 Å². The second kappa shape index (κ2) is 8.41. The number of ether oxygens (including phenoxy) is 2. The molecular weight excluding hydrogens is 314 g/mol. The van der Waals surface area contributed by atoms with Crippen molar-refractivity contribution in [1.82, 2.24) is 4.90 Å². The van der Waals surface area contributed by atoms with E-state index in [-0.39, 0.29) is 0 Å². The second-order valence-electron chi connectivity index (χ2n) is 5.99. The molecule has 1 aliphatic heterocycles. The highest BCUT2D eigenvalue weighted by atomic mass is 16.5. The number of para-hydroxylation sites is 2. The lowest BCUT2D eigenvalue weighted by atomic mass is 10.2. The van der Waals surface area contributed by atoms with Crippen LogP contribution in [0.4, 0.5) is 5.69 Å². The zero-order valence-corrected chi connectivity index (χ0v) is 14.5. The Morgan fingerprint density at radius 2 is 1.72 bits per heavy atom. The smallest absolute Gasteiger partial charge is 0.142 e. The van der Waals surface area contributed by atoms with Crippen molar-refractivity contribution in [3.05, 3.63) is 54.1 Å². The average Bonchev–Trinajstić information content (AvgIpc) is 2.69. The van der Waals surface area contributed by atoms with E-state index in [0.29, 0.717) is 12.2 Å². The lowest BCUT2D eigenvalue weighted by molar-refractivity contribution is 0.200. The fourth-order valence-electron chi connectivity index (χ4n) is 3.02. The first-order chi connectivity index (χ1) is 12.3. The van der Waals surface area contributed by atoms with E-state index in [2.05, 4.69) is 28.0 Å². The molecule has 1 heterocycles. The van der Waals surface area contributed by atoms with E-state index in [4.69, 9.17) is 14.7 Å². The van der Waals surface area contributed by atoms with Crippen LogP contribution < -0.4 is 14.4 Å². The number of anilines is 1. The van der Waals surface area contributed by atoms with Crippen LogP contribution in [0.1, 0.15) is 5.56 Å². The molecule has 2 aromatic rings. The van der Waals surface area contributed by atoms with Crippen LogP contribution in [-0.4, -0.2) is 51.3 Å². The summed E-state index contributed by atoms with van der Waals surface area (Å²) < 4.78 is 11.2. The van der Waals surface area contributed by atoms with Gasteiger partial charge in [0.2, 0.25) is 0 Å². The van der Waals surface area contributed by atoms with Crippen molar-refractivity contribution in [2.75, 3.05) is 51.3 Å². The fraction of sp³-hybridized carbons (Fsp3) is 0.350. The number of hydrogen-bond donors (Lipinski definition) is 0. The maximum Gasteiger partial charge on any atom is 0.142 e. The molecule has 1 saturated heterocycles. The first-order valence-electron chi connectivity index (χ1n) is 8.53. The van der Waals surface area contributed by atoms with Crippen LogP contribution in [0, 0.1) is 11.3 Å². The molecule has 0 atom stereocenters. The van der Waals surface area contributed by atoms with E-state index in [1.54, 1.807) is 19.2 Å². The Morgan fingerprint density at radius 1 is 1.00 bits per heavy atom. The van der Waals surface area contributed by atoms with Crippen LogP contribution in [0.2, 0.25) is 0 Å². The highest BCUT2D eigenvalue weighted by Crippen LogP contribution is 2.28. The molecule has 2 aromatic carbocycles. The lowest BCUT2D eigenvalue weighted by Gasteiger charge is -2.36. The summed E-state index contributed by atoms with van der Waals surface area (Å²) in [6.07, 6.45) is 0. The Balaban J connectivity index is 1.44. The van der Waals surface area contributed by atoms with Crippen molar-refractivity contribution >= 4 is 5.69 Å². The van der Waals surface area contributed by atoms with Gasteiger partial charge in [0.1, 0.15) is 18.1 Å². The van der Waals surface area contributed by atoms with Gasteiger partial charge in [0.15, 0.2) is 0 Å². The summed E-state index contributed by atoms with van der Waals surface area (Å²) in [6.45, 7) is 5.54. The first-order valence-corrected chi connectivity index (χ1v) is 8.53. The molecule has 0 saturated carbocycles. The standard InChI is InChI=1S/C20H23N3O2/c1-24-20-5-3-2-4-19(20)23-12-10-22(11-13-23)14-15-25-18-8-6-17(16-21)7-9-18/h2-9H,10-15H2,1H3. The second-order valence-corrected chi connectivity index (χ2v) is 5.99. The number of hydrogen-bond acceptors (Lipinski definition) is 5. The first kappa shape index (κ1) is 17.1. The summed E-state index contributed by atoms with van der Waals surface area (Å²) >= 11 is 0. The van der Waals surface area contributed by atoms with Gasteiger partial charge in [-0.2, -0.15) is 5.26 Å². The lowest BCUT2D eigenvalue weighted by Crippen LogP contribution is -2.47. The van der Waals surface area contributed by atoms with E-state index < -0.39 is 0 Å². The third-order valence-electron chi connectivity index (χ3n) is 4.46. The minimum absolute atomic E-state index is 0.653. The SMILES string of the molecule is COc1ccccc1N1CCN(CCOc2ccc(C#N)cc2)CC1. The highest BCUT2D eigenvalue weighted by Gasteiger charge is 2.19. The van der Waals surface area contributed by atoms with Gasteiger partial charge in [-0.1, -0.05) is 12.1 Å². The predicted molar refractivity (Wildman–Crippen MR) is 98.3 cm³/mol. The predicted octanol–water partition coefficient (Wildman–Crippen LogP) is 2.77. The summed E-state index contributed by atoms with van der Waals surface area (Å²) in [4.78, 5) is 4.78. The third-order valence-corrected chi connectivity index (χ3v) is 4.46. The van der Waals surface area contributed by atoms with Crippen LogP contribution >= 0.6 is 0 Å². The maximum absolute atomic E-state index is 8.80. The van der Waals surface area contributed by atoms with E-state index in [0.717, 1.165) is 44.2 Å². The molecule has 0 N–H and O–H groups in total. The summed E-state index contributed by atoms with van der Waals surface area (Å²) in [5.41, 5.74) is 1.82. The number of nitrogens with zero attached hydrogens (tertiary/aromatic N) is 3. The van der Waals surface area contributed by atoms with Gasteiger partial charge in [-0.3, -0.25) is 4.90 Å². The number of benzene rings is 2. The Bertz CT molecular complexity index is 716. The molecule has 5 heteroatoms. The summed E-state index contributed by atoms with van der Waals surface area (Å²) in [5.74, 6) is 1.74. The van der Waals surface area contributed by atoms with E-state index in [1.807, 2.05) is 24.3 Å². The van der Waals surface area contributed by atoms with Crippen LogP contribution in [0.5, 0.6) is 11.5 Å². The molecule has 1 aliphatic rings. The molecular formula is C20H23N3O2. The Morgan fingerprint density at radius 3 is 2.40 bits per heavy atom. The monoisotopic (exact) mass is 337 g/mol. The summed E-state index contributed by atoms with van der Waals surface area (Å²) in [7, 11) is 1.72. The molecule has 0 aromatic heterocycles. The van der Waals surface area contributed by atoms with Crippen LogP contribution in [-0.2, 0) is 0 Å². The topological polar surface area (TPSA) is 48.7 Å². The van der Waals surface area contributed by atoms with Gasteiger partial charge in [-0.25, -0.2) is 0 Å². The van der Waals surface area contributed by atoms with Crippen molar-refractivity contribution in [2.24, 2.45) is 0 Å². The molecule has 0 bridgehead atoms. The van der Waals surface area contributed by atoms with Crippen LogP contribution in [0.25, 0.3) is 0 Å². The average molecular weight is 337 g/mol. The quantitative estimate of drug-likeness (QED) is 0.811. The molecule has 5 nitrogen and oxygen atoms in total. The van der Waals surface area contributed by atoms with Gasteiger partial charge in [0.25, 0.3) is 0 Å². The van der Waals surface area contributed by atoms with Gasteiger partial charge in [-0.05, 0) is 36.4 Å². The number of rotatable bonds is 6. The minimum atomic E-state index is 0.653. The molecule has 0 radical (unpaired) electrons. The van der Waals surface area contributed by atoms with Crippen molar-refractivity contribution in [1.29, 1.82) is 5.26 Å². The molecule has 0 spiro atoms. The normalized spacial score (nSPS) is 14.8. The van der Waals surface area contributed by atoms with Crippen LogP contribution in [0.15, 0.2) is 48.5 Å². The minimum Gasteiger partial charge on any atom is -0.495 e. The number of nitriles is 1. The Hall–Kier alpha value is -2.71. The van der Waals surface area contributed by atoms with Crippen molar-refractivity contribution in [2.45, 2.75) is 0 Å². The van der Waals surface area contributed by atoms with Crippen molar-refractivity contribution in [3.8, 4) is 17.6 Å². The van der Waals surface area contributed by atoms with Gasteiger partial charge in [0, 0.05) is 32.7 Å². The van der Waals surface area contributed by atoms with Gasteiger partial charge >= 0.3 is 0 Å². The highest BCUT2D eigenvalue weighted by molar-refractivity contribution is 5.58. The van der Waals surface area contributed by atoms with E-state index >= 15 is 0 Å².